The third kappa shape index (κ3) is 5.36. The number of ether oxygens (including phenoxy) is 1. The number of nitrogens with zero attached hydrogens (tertiary/aromatic N) is 1. The number of hydrogen-bond acceptors (Lipinski definition) is 5. The van der Waals surface area contributed by atoms with Crippen molar-refractivity contribution in [1.29, 1.82) is 0 Å². The topological polar surface area (TPSA) is 101 Å². The number of urea groups is 1. The lowest BCUT2D eigenvalue weighted by Crippen LogP contribution is -2.31. The quantitative estimate of drug-likeness (QED) is 0.658. The molecule has 0 atom stereocenters. The summed E-state index contributed by atoms with van der Waals surface area (Å²) in [5, 5.41) is 14.3. The third-order valence-corrected chi connectivity index (χ3v) is 4.16. The summed E-state index contributed by atoms with van der Waals surface area (Å²) in [6.07, 6.45) is 0. The third-order valence-electron chi connectivity index (χ3n) is 3.41. The lowest BCUT2D eigenvalue weighted by Gasteiger charge is -2.09. The first-order valence-electron chi connectivity index (χ1n) is 8.04. The second-order valence-corrected chi connectivity index (χ2v) is 7.00. The van der Waals surface area contributed by atoms with Gasteiger partial charge in [-0.2, -0.15) is 4.37 Å². The second kappa shape index (κ2) is 8.76. The monoisotopic (exact) mass is 399 g/mol. The van der Waals surface area contributed by atoms with E-state index in [1.165, 1.54) is 0 Å². The molecular formula is C17H19F2N3O4S. The van der Waals surface area contributed by atoms with Gasteiger partial charge in [0.15, 0.2) is 5.56 Å². The van der Waals surface area contributed by atoms with Crippen LogP contribution in [0.5, 0.6) is 5.88 Å². The van der Waals surface area contributed by atoms with Crippen LogP contribution in [0, 0.1) is 24.5 Å². The summed E-state index contributed by atoms with van der Waals surface area (Å²) in [6.45, 7) is 5.22. The van der Waals surface area contributed by atoms with Crippen LogP contribution in [-0.4, -0.2) is 28.0 Å². The van der Waals surface area contributed by atoms with Crippen LogP contribution in [0.4, 0.5) is 18.6 Å². The van der Waals surface area contributed by atoms with Gasteiger partial charge in [0.25, 0.3) is 0 Å². The molecule has 3 N–H and O–H groups in total. The van der Waals surface area contributed by atoms with E-state index >= 15 is 0 Å². The normalized spacial score (nSPS) is 10.7. The number of aromatic carboxylic acids is 1. The molecular weight excluding hydrogens is 380 g/mol. The molecule has 1 heterocycles. The zero-order valence-electron chi connectivity index (χ0n) is 14.9. The number of carboxylic acid groups (broad SMARTS) is 1. The van der Waals surface area contributed by atoms with Crippen molar-refractivity contribution in [2.45, 2.75) is 27.4 Å². The van der Waals surface area contributed by atoms with Crippen molar-refractivity contribution >= 4 is 28.5 Å². The molecule has 0 saturated heterocycles. The Labute approximate surface area is 158 Å². The molecule has 0 spiro atoms. The Morgan fingerprint density at radius 3 is 2.48 bits per heavy atom. The molecule has 0 fully saturated rings. The minimum atomic E-state index is -1.39. The van der Waals surface area contributed by atoms with Crippen LogP contribution < -0.4 is 15.4 Å². The first kappa shape index (κ1) is 20.6. The summed E-state index contributed by atoms with van der Waals surface area (Å²) >= 11 is 0.698. The maximum atomic E-state index is 13.9. The summed E-state index contributed by atoms with van der Waals surface area (Å²) in [5.41, 5.74) is -0.311. The zero-order valence-corrected chi connectivity index (χ0v) is 15.7. The van der Waals surface area contributed by atoms with E-state index in [9.17, 15) is 23.5 Å². The number of aromatic nitrogens is 1. The number of aryl methyl sites for hydroxylation is 1. The average molecular weight is 399 g/mol. The number of carboxylic acids is 1. The number of anilines is 1. The van der Waals surface area contributed by atoms with E-state index in [0.29, 0.717) is 23.6 Å². The number of halogens is 2. The number of rotatable bonds is 7. The number of hydrogen-bond donors (Lipinski definition) is 3. The van der Waals surface area contributed by atoms with E-state index in [2.05, 4.69) is 15.0 Å². The molecule has 10 heteroatoms. The molecule has 0 bridgehead atoms. The van der Waals surface area contributed by atoms with Crippen LogP contribution >= 0.6 is 11.5 Å². The number of carbonyl (C=O) groups is 2. The van der Waals surface area contributed by atoms with Crippen molar-refractivity contribution in [3.8, 4) is 5.88 Å². The fraction of sp³-hybridized carbons (Fsp3) is 0.353. The van der Waals surface area contributed by atoms with Crippen molar-refractivity contribution in [2.75, 3.05) is 11.9 Å². The van der Waals surface area contributed by atoms with Crippen molar-refractivity contribution < 1.29 is 28.2 Å². The van der Waals surface area contributed by atoms with Crippen LogP contribution in [0.3, 0.4) is 0 Å². The average Bonchev–Trinajstić information content (AvgIpc) is 2.94. The number of carbonyl (C=O) groups excluding carboxylic acids is 1. The maximum Gasteiger partial charge on any atom is 0.344 e. The minimum absolute atomic E-state index is 0.0383. The molecule has 2 aromatic rings. The smallest absolute Gasteiger partial charge is 0.344 e. The molecule has 0 saturated carbocycles. The van der Waals surface area contributed by atoms with Crippen molar-refractivity contribution in [2.24, 2.45) is 5.92 Å². The predicted octanol–water partition coefficient (Wildman–Crippen LogP) is 3.78. The summed E-state index contributed by atoms with van der Waals surface area (Å²) < 4.78 is 36.8. The van der Waals surface area contributed by atoms with Gasteiger partial charge in [0.1, 0.15) is 23.2 Å². The van der Waals surface area contributed by atoms with E-state index < -0.39 is 30.2 Å². The Hall–Kier alpha value is -2.75. The Bertz CT molecular complexity index is 832. The van der Waals surface area contributed by atoms with Crippen LogP contribution in [0.25, 0.3) is 0 Å². The van der Waals surface area contributed by atoms with Gasteiger partial charge < -0.3 is 15.2 Å². The molecule has 2 rings (SSSR count). The van der Waals surface area contributed by atoms with Gasteiger partial charge in [0, 0.05) is 6.54 Å². The first-order chi connectivity index (χ1) is 12.7. The largest absolute Gasteiger partial charge is 0.477 e. The molecule has 0 aliphatic rings. The van der Waals surface area contributed by atoms with Crippen LogP contribution in [-0.2, 0) is 6.61 Å². The van der Waals surface area contributed by atoms with Gasteiger partial charge in [-0.05, 0) is 42.1 Å². The second-order valence-electron chi connectivity index (χ2n) is 6.22. The van der Waals surface area contributed by atoms with Gasteiger partial charge in [0.05, 0.1) is 5.56 Å². The van der Waals surface area contributed by atoms with Crippen LogP contribution in [0.2, 0.25) is 0 Å². The molecule has 0 aliphatic heterocycles. The van der Waals surface area contributed by atoms with E-state index in [1.807, 2.05) is 13.8 Å². The molecule has 7 nitrogen and oxygen atoms in total. The van der Waals surface area contributed by atoms with Crippen LogP contribution in [0.1, 0.15) is 35.3 Å². The van der Waals surface area contributed by atoms with E-state index in [-0.39, 0.29) is 27.9 Å². The molecule has 0 radical (unpaired) electrons. The maximum absolute atomic E-state index is 13.9. The molecule has 1 aromatic heterocycles. The molecule has 2 amide bonds. The Kier molecular flexibility index (Phi) is 6.67. The van der Waals surface area contributed by atoms with E-state index in [1.54, 1.807) is 6.92 Å². The number of benzene rings is 1. The van der Waals surface area contributed by atoms with Gasteiger partial charge in [-0.15, -0.1) is 0 Å². The Balaban J connectivity index is 2.15. The fourth-order valence-electron chi connectivity index (χ4n) is 2.10. The molecule has 1 aromatic carbocycles. The van der Waals surface area contributed by atoms with Crippen molar-refractivity contribution in [3.05, 3.63) is 40.5 Å². The van der Waals surface area contributed by atoms with Crippen molar-refractivity contribution in [3.63, 3.8) is 0 Å². The molecule has 146 valence electrons. The Morgan fingerprint density at radius 2 is 1.93 bits per heavy atom. The van der Waals surface area contributed by atoms with Crippen molar-refractivity contribution in [1.82, 2.24) is 9.69 Å². The number of nitrogens with one attached hydrogen (secondary N) is 2. The molecule has 0 unspecified atom stereocenters. The minimum Gasteiger partial charge on any atom is -0.477 e. The summed E-state index contributed by atoms with van der Waals surface area (Å²) in [6, 6.07) is 1.71. The molecule has 27 heavy (non-hydrogen) atoms. The van der Waals surface area contributed by atoms with Gasteiger partial charge in [-0.1, -0.05) is 13.8 Å². The summed E-state index contributed by atoms with van der Waals surface area (Å²) in [5.74, 6) is -3.10. The van der Waals surface area contributed by atoms with Gasteiger partial charge >= 0.3 is 12.0 Å². The Morgan fingerprint density at radius 1 is 1.30 bits per heavy atom. The highest BCUT2D eigenvalue weighted by Crippen LogP contribution is 2.31. The highest BCUT2D eigenvalue weighted by molar-refractivity contribution is 7.11. The van der Waals surface area contributed by atoms with E-state index in [0.717, 1.165) is 12.1 Å². The zero-order chi connectivity index (χ0) is 20.1. The highest BCUT2D eigenvalue weighted by atomic mass is 32.1. The fourth-order valence-corrected chi connectivity index (χ4v) is 2.82. The van der Waals surface area contributed by atoms with Gasteiger partial charge in [-0.25, -0.2) is 18.4 Å². The lowest BCUT2D eigenvalue weighted by atomic mass is 10.1. The van der Waals surface area contributed by atoms with Gasteiger partial charge in [-0.3, -0.25) is 5.32 Å². The SMILES string of the molecule is Cc1cc(F)c(COc2nsc(NC(=O)NCC(C)C)c2C(=O)O)c(F)c1. The van der Waals surface area contributed by atoms with Crippen LogP contribution in [0.15, 0.2) is 12.1 Å². The highest BCUT2D eigenvalue weighted by Gasteiger charge is 2.24. The lowest BCUT2D eigenvalue weighted by molar-refractivity contribution is 0.0693. The molecule has 0 aliphatic carbocycles. The first-order valence-corrected chi connectivity index (χ1v) is 8.81. The summed E-state index contributed by atoms with van der Waals surface area (Å²) in [7, 11) is 0. The van der Waals surface area contributed by atoms with Gasteiger partial charge in [0.2, 0.25) is 5.88 Å². The number of amides is 2. The van der Waals surface area contributed by atoms with E-state index in [4.69, 9.17) is 4.74 Å². The summed E-state index contributed by atoms with van der Waals surface area (Å²) in [4.78, 5) is 23.3. The standard InChI is InChI=1S/C17H19F2N3O4S/c1-8(2)6-20-17(25)21-15-13(16(23)24)14(22-27-15)26-7-10-11(18)4-9(3)5-12(10)19/h4-5,8H,6-7H2,1-3H3,(H,23,24)(H2,20,21,25). The predicted molar refractivity (Wildman–Crippen MR) is 96.4 cm³/mol.